The normalized spacial score (nSPS) is 24.4. The molecular formula is C11H14FN3O. The minimum absolute atomic E-state index is 0.0446. The number of carbonyl (C=O) groups excluding carboxylic acids is 1. The van der Waals surface area contributed by atoms with Crippen LogP contribution in [0.15, 0.2) is 18.5 Å². The molecule has 0 radical (unpaired) electrons. The van der Waals surface area contributed by atoms with Crippen molar-refractivity contribution in [1.82, 2.24) is 15.6 Å². The summed E-state index contributed by atoms with van der Waals surface area (Å²) < 4.78 is 13.3. The molecule has 0 saturated carbocycles. The largest absolute Gasteiger partial charge is 0.345 e. The number of rotatable bonds is 2. The van der Waals surface area contributed by atoms with Gasteiger partial charge < -0.3 is 10.6 Å². The molecule has 4 nitrogen and oxygen atoms in total. The molecule has 2 N–H and O–H groups in total. The quantitative estimate of drug-likeness (QED) is 0.776. The Morgan fingerprint density at radius 2 is 2.50 bits per heavy atom. The van der Waals surface area contributed by atoms with E-state index in [4.69, 9.17) is 0 Å². The first-order chi connectivity index (χ1) is 7.61. The van der Waals surface area contributed by atoms with Gasteiger partial charge in [-0.15, -0.1) is 0 Å². The number of hydrogen-bond acceptors (Lipinski definition) is 3. The fourth-order valence-electron chi connectivity index (χ4n) is 1.82. The lowest BCUT2D eigenvalue weighted by molar-refractivity contribution is 0.0909. The summed E-state index contributed by atoms with van der Waals surface area (Å²) in [4.78, 5) is 15.4. The first kappa shape index (κ1) is 11.0. The van der Waals surface area contributed by atoms with Gasteiger partial charge in [0.25, 0.3) is 5.91 Å². The van der Waals surface area contributed by atoms with E-state index in [-0.39, 0.29) is 17.0 Å². The maximum atomic E-state index is 13.3. The van der Waals surface area contributed by atoms with Crippen molar-refractivity contribution in [3.05, 3.63) is 29.8 Å². The van der Waals surface area contributed by atoms with Crippen LogP contribution in [0.1, 0.15) is 23.7 Å². The summed E-state index contributed by atoms with van der Waals surface area (Å²) in [5, 5.41) is 6.01. The van der Waals surface area contributed by atoms with Gasteiger partial charge >= 0.3 is 0 Å². The predicted molar refractivity (Wildman–Crippen MR) is 57.6 cm³/mol. The van der Waals surface area contributed by atoms with Crippen LogP contribution in [0.2, 0.25) is 0 Å². The molecule has 1 saturated heterocycles. The highest BCUT2D eigenvalue weighted by Gasteiger charge is 2.30. The van der Waals surface area contributed by atoms with Crippen LogP contribution in [0.3, 0.4) is 0 Å². The Morgan fingerprint density at radius 3 is 3.12 bits per heavy atom. The van der Waals surface area contributed by atoms with Gasteiger partial charge in [0.1, 0.15) is 0 Å². The highest BCUT2D eigenvalue weighted by molar-refractivity contribution is 5.94. The van der Waals surface area contributed by atoms with Crippen molar-refractivity contribution in [3.63, 3.8) is 0 Å². The fraction of sp³-hybridized carbons (Fsp3) is 0.455. The lowest BCUT2D eigenvalue weighted by Gasteiger charge is -2.24. The van der Waals surface area contributed by atoms with Crippen LogP contribution in [-0.4, -0.2) is 29.5 Å². The molecule has 1 aromatic heterocycles. The number of nitrogens with zero attached hydrogens (tertiary/aromatic N) is 1. The number of pyridine rings is 1. The summed E-state index contributed by atoms with van der Waals surface area (Å²) >= 11 is 0. The van der Waals surface area contributed by atoms with Crippen molar-refractivity contribution in [2.75, 3.05) is 13.1 Å². The number of carbonyl (C=O) groups is 1. The van der Waals surface area contributed by atoms with Crippen LogP contribution in [-0.2, 0) is 0 Å². The van der Waals surface area contributed by atoms with Crippen LogP contribution in [0.4, 0.5) is 4.39 Å². The van der Waals surface area contributed by atoms with Crippen molar-refractivity contribution in [2.24, 2.45) is 0 Å². The SMILES string of the molecule is CC1(NC(=O)c2ccncc2F)CCNC1. The topological polar surface area (TPSA) is 54.0 Å². The van der Waals surface area contributed by atoms with Gasteiger partial charge in [0, 0.05) is 12.7 Å². The van der Waals surface area contributed by atoms with Crippen molar-refractivity contribution in [1.29, 1.82) is 0 Å². The Labute approximate surface area is 93.3 Å². The molecule has 0 bridgehead atoms. The average molecular weight is 223 g/mol. The molecule has 2 heterocycles. The van der Waals surface area contributed by atoms with Gasteiger partial charge in [-0.2, -0.15) is 0 Å². The molecule has 1 atom stereocenters. The first-order valence-corrected chi connectivity index (χ1v) is 5.23. The van der Waals surface area contributed by atoms with Gasteiger partial charge in [-0.25, -0.2) is 4.39 Å². The summed E-state index contributed by atoms with van der Waals surface area (Å²) in [6, 6.07) is 1.39. The maximum Gasteiger partial charge on any atom is 0.254 e. The first-order valence-electron chi connectivity index (χ1n) is 5.23. The standard InChI is InChI=1S/C11H14FN3O/c1-11(3-5-14-7-11)15-10(16)8-2-4-13-6-9(8)12/h2,4,6,14H,3,5,7H2,1H3,(H,15,16). The molecule has 0 aliphatic carbocycles. The van der Waals surface area contributed by atoms with Crippen LogP contribution in [0.25, 0.3) is 0 Å². The smallest absolute Gasteiger partial charge is 0.254 e. The average Bonchev–Trinajstić information content (AvgIpc) is 2.65. The lowest BCUT2D eigenvalue weighted by atomic mass is 10.0. The Balaban J connectivity index is 2.11. The number of nitrogens with one attached hydrogen (secondary N) is 2. The van der Waals surface area contributed by atoms with E-state index in [2.05, 4.69) is 15.6 Å². The second-order valence-corrected chi connectivity index (χ2v) is 4.30. The van der Waals surface area contributed by atoms with Crippen molar-refractivity contribution < 1.29 is 9.18 Å². The van der Waals surface area contributed by atoms with Gasteiger partial charge in [-0.3, -0.25) is 9.78 Å². The third-order valence-electron chi connectivity index (χ3n) is 2.80. The third kappa shape index (κ3) is 2.19. The van der Waals surface area contributed by atoms with Crippen molar-refractivity contribution in [3.8, 4) is 0 Å². The molecule has 16 heavy (non-hydrogen) atoms. The zero-order valence-corrected chi connectivity index (χ0v) is 9.09. The number of hydrogen-bond donors (Lipinski definition) is 2. The van der Waals surface area contributed by atoms with E-state index in [1.807, 2.05) is 6.92 Å². The Kier molecular flexibility index (Phi) is 2.87. The number of aromatic nitrogens is 1. The molecular weight excluding hydrogens is 209 g/mol. The third-order valence-corrected chi connectivity index (χ3v) is 2.80. The molecule has 0 spiro atoms. The molecule has 0 aromatic carbocycles. The van der Waals surface area contributed by atoms with Crippen molar-refractivity contribution >= 4 is 5.91 Å². The second-order valence-electron chi connectivity index (χ2n) is 4.30. The van der Waals surface area contributed by atoms with E-state index in [0.717, 1.165) is 19.2 Å². The highest BCUT2D eigenvalue weighted by Crippen LogP contribution is 2.15. The molecule has 2 rings (SSSR count). The fourth-order valence-corrected chi connectivity index (χ4v) is 1.82. The second kappa shape index (κ2) is 4.17. The summed E-state index contributed by atoms with van der Waals surface area (Å²) in [5.41, 5.74) is -0.240. The Bertz CT molecular complexity index is 402. The molecule has 1 amide bonds. The van der Waals surface area contributed by atoms with Crippen LogP contribution < -0.4 is 10.6 Å². The van der Waals surface area contributed by atoms with Gasteiger partial charge in [0.05, 0.1) is 17.3 Å². The Hall–Kier alpha value is -1.49. The van der Waals surface area contributed by atoms with Gasteiger partial charge in [-0.05, 0) is 26.0 Å². The predicted octanol–water partition coefficient (Wildman–Crippen LogP) is 0.703. The van der Waals surface area contributed by atoms with Crippen molar-refractivity contribution in [2.45, 2.75) is 18.9 Å². The number of amides is 1. The number of halogens is 1. The van der Waals surface area contributed by atoms with E-state index in [1.165, 1.54) is 12.3 Å². The van der Waals surface area contributed by atoms with Gasteiger partial charge in [0.15, 0.2) is 5.82 Å². The molecule has 1 aliphatic heterocycles. The molecule has 1 fully saturated rings. The maximum absolute atomic E-state index is 13.3. The summed E-state index contributed by atoms with van der Waals surface area (Å²) in [6.45, 7) is 3.53. The summed E-state index contributed by atoms with van der Waals surface area (Å²) in [5.74, 6) is -0.972. The van der Waals surface area contributed by atoms with E-state index in [9.17, 15) is 9.18 Å². The van der Waals surface area contributed by atoms with E-state index in [0.29, 0.717) is 6.54 Å². The van der Waals surface area contributed by atoms with Crippen LogP contribution >= 0.6 is 0 Å². The Morgan fingerprint density at radius 1 is 1.69 bits per heavy atom. The zero-order chi connectivity index (χ0) is 11.6. The van der Waals surface area contributed by atoms with Crippen LogP contribution in [0, 0.1) is 5.82 Å². The molecule has 5 heteroatoms. The van der Waals surface area contributed by atoms with Gasteiger partial charge in [-0.1, -0.05) is 0 Å². The molecule has 1 unspecified atom stereocenters. The summed E-state index contributed by atoms with van der Waals surface area (Å²) in [7, 11) is 0. The minimum atomic E-state index is -0.588. The van der Waals surface area contributed by atoms with E-state index in [1.54, 1.807) is 0 Å². The molecule has 1 aliphatic rings. The zero-order valence-electron chi connectivity index (χ0n) is 9.09. The molecule has 86 valence electrons. The van der Waals surface area contributed by atoms with Gasteiger partial charge in [0.2, 0.25) is 0 Å². The van der Waals surface area contributed by atoms with E-state index >= 15 is 0 Å². The molecule has 1 aromatic rings. The monoisotopic (exact) mass is 223 g/mol. The lowest BCUT2D eigenvalue weighted by Crippen LogP contribution is -2.47. The highest BCUT2D eigenvalue weighted by atomic mass is 19.1. The van der Waals surface area contributed by atoms with Crippen LogP contribution in [0.5, 0.6) is 0 Å². The van der Waals surface area contributed by atoms with E-state index < -0.39 is 5.82 Å². The summed E-state index contributed by atoms with van der Waals surface area (Å²) in [6.07, 6.45) is 3.31. The minimum Gasteiger partial charge on any atom is -0.345 e.